The minimum atomic E-state index is -0.935. The van der Waals surface area contributed by atoms with Gasteiger partial charge >= 0.3 is 5.97 Å². The molecule has 1 fully saturated rings. The molecule has 0 aliphatic carbocycles. The summed E-state index contributed by atoms with van der Waals surface area (Å²) in [5.41, 5.74) is 2.31. The summed E-state index contributed by atoms with van der Waals surface area (Å²) in [6, 6.07) is 12.9. The van der Waals surface area contributed by atoms with Crippen molar-refractivity contribution in [2.24, 2.45) is 0 Å². The van der Waals surface area contributed by atoms with Gasteiger partial charge in [-0.25, -0.2) is 0 Å². The average molecular weight is 314 g/mol. The molecule has 3 rings (SSSR count). The van der Waals surface area contributed by atoms with Crippen LogP contribution in [0.3, 0.4) is 0 Å². The second kappa shape index (κ2) is 6.66. The van der Waals surface area contributed by atoms with Crippen LogP contribution < -0.4 is 0 Å². The lowest BCUT2D eigenvalue weighted by Gasteiger charge is -2.34. The highest BCUT2D eigenvalue weighted by Crippen LogP contribution is 2.20. The van der Waals surface area contributed by atoms with E-state index in [4.69, 9.17) is 9.84 Å². The maximum atomic E-state index is 12.7. The fraction of sp³-hybridized carbons (Fsp3) is 0.294. The van der Waals surface area contributed by atoms with E-state index in [9.17, 15) is 9.59 Å². The van der Waals surface area contributed by atoms with Crippen molar-refractivity contribution < 1.29 is 19.4 Å². The molecule has 120 valence electrons. The third kappa shape index (κ3) is 3.43. The third-order valence-corrected chi connectivity index (χ3v) is 3.90. The third-order valence-electron chi connectivity index (χ3n) is 3.90. The minimum Gasteiger partial charge on any atom is -0.481 e. The van der Waals surface area contributed by atoms with Crippen LogP contribution in [0.2, 0.25) is 0 Å². The molecule has 23 heavy (non-hydrogen) atoms. The van der Waals surface area contributed by atoms with Crippen molar-refractivity contribution in [3.63, 3.8) is 0 Å². The van der Waals surface area contributed by atoms with Crippen molar-refractivity contribution in [3.05, 3.63) is 48.2 Å². The van der Waals surface area contributed by atoms with E-state index in [2.05, 4.69) is 4.98 Å². The van der Waals surface area contributed by atoms with E-state index < -0.39 is 12.0 Å². The van der Waals surface area contributed by atoms with Crippen LogP contribution >= 0.6 is 0 Å². The van der Waals surface area contributed by atoms with Crippen LogP contribution in [0.4, 0.5) is 0 Å². The molecule has 1 saturated heterocycles. The Morgan fingerprint density at radius 2 is 2.00 bits per heavy atom. The highest BCUT2D eigenvalue weighted by atomic mass is 16.5. The zero-order valence-corrected chi connectivity index (χ0v) is 12.6. The molecule has 1 aromatic heterocycles. The normalized spacial score (nSPS) is 17.9. The Hall–Kier alpha value is -2.60. The number of nitrogens with one attached hydrogen (secondary N) is 1. The van der Waals surface area contributed by atoms with Crippen LogP contribution in [0.1, 0.15) is 16.9 Å². The number of H-pyrrole nitrogens is 1. The summed E-state index contributed by atoms with van der Waals surface area (Å²) in [6.07, 6.45) is -0.113. The van der Waals surface area contributed by atoms with Crippen LogP contribution in [0.15, 0.2) is 42.5 Å². The van der Waals surface area contributed by atoms with Gasteiger partial charge in [-0.3, -0.25) is 9.59 Å². The lowest BCUT2D eigenvalue weighted by Crippen LogP contribution is -2.49. The fourth-order valence-corrected chi connectivity index (χ4v) is 2.75. The van der Waals surface area contributed by atoms with Gasteiger partial charge in [-0.2, -0.15) is 0 Å². The Balaban J connectivity index is 1.79. The first-order valence-corrected chi connectivity index (χ1v) is 7.50. The standard InChI is InChI=1S/C17H18N2O4/c20-16(21)10-13-11-23-9-8-19(13)17(22)15-7-6-14(18-15)12-4-2-1-3-5-12/h1-7,13,18H,8-11H2,(H,20,21)/t13-/m0/s1. The number of carbonyl (C=O) groups excluding carboxylic acids is 1. The lowest BCUT2D eigenvalue weighted by molar-refractivity contribution is -0.139. The van der Waals surface area contributed by atoms with Gasteiger partial charge in [-0.1, -0.05) is 30.3 Å². The lowest BCUT2D eigenvalue weighted by atomic mass is 10.1. The molecule has 1 aromatic carbocycles. The molecule has 1 aliphatic heterocycles. The quantitative estimate of drug-likeness (QED) is 0.904. The molecular weight excluding hydrogens is 296 g/mol. The summed E-state index contributed by atoms with van der Waals surface area (Å²) in [4.78, 5) is 28.3. The molecule has 0 radical (unpaired) electrons. The van der Waals surface area contributed by atoms with Crippen molar-refractivity contribution in [2.75, 3.05) is 19.8 Å². The van der Waals surface area contributed by atoms with Gasteiger partial charge in [0.15, 0.2) is 0 Å². The number of carbonyl (C=O) groups is 2. The van der Waals surface area contributed by atoms with E-state index in [0.717, 1.165) is 11.3 Å². The van der Waals surface area contributed by atoms with Crippen LogP contribution in [0.5, 0.6) is 0 Å². The first kappa shape index (κ1) is 15.3. The van der Waals surface area contributed by atoms with E-state index in [1.807, 2.05) is 36.4 Å². The van der Waals surface area contributed by atoms with Gasteiger partial charge in [-0.15, -0.1) is 0 Å². The number of aromatic amines is 1. The summed E-state index contributed by atoms with van der Waals surface area (Å²) in [5.74, 6) is -1.13. The summed E-state index contributed by atoms with van der Waals surface area (Å²) in [7, 11) is 0. The summed E-state index contributed by atoms with van der Waals surface area (Å²) in [5, 5.41) is 8.99. The number of rotatable bonds is 4. The molecule has 0 saturated carbocycles. The van der Waals surface area contributed by atoms with Crippen LogP contribution in [-0.2, 0) is 9.53 Å². The maximum Gasteiger partial charge on any atom is 0.305 e. The zero-order valence-electron chi connectivity index (χ0n) is 12.6. The van der Waals surface area contributed by atoms with E-state index >= 15 is 0 Å². The monoisotopic (exact) mass is 314 g/mol. The number of morpholine rings is 1. The topological polar surface area (TPSA) is 82.6 Å². The number of aromatic nitrogens is 1. The highest BCUT2D eigenvalue weighted by Gasteiger charge is 2.30. The Morgan fingerprint density at radius 3 is 2.74 bits per heavy atom. The molecule has 0 bridgehead atoms. The van der Waals surface area contributed by atoms with Gasteiger partial charge in [-0.05, 0) is 17.7 Å². The Bertz CT molecular complexity index is 696. The number of nitrogens with zero attached hydrogens (tertiary/aromatic N) is 1. The van der Waals surface area contributed by atoms with Crippen molar-refractivity contribution in [1.29, 1.82) is 0 Å². The number of hydrogen-bond acceptors (Lipinski definition) is 3. The molecule has 6 heteroatoms. The smallest absolute Gasteiger partial charge is 0.305 e. The van der Waals surface area contributed by atoms with Crippen molar-refractivity contribution in [2.45, 2.75) is 12.5 Å². The number of benzene rings is 1. The predicted molar refractivity (Wildman–Crippen MR) is 84.1 cm³/mol. The maximum absolute atomic E-state index is 12.7. The number of amides is 1. The Morgan fingerprint density at radius 1 is 1.22 bits per heavy atom. The van der Waals surface area contributed by atoms with Gasteiger partial charge in [0.05, 0.1) is 25.7 Å². The number of hydrogen-bond donors (Lipinski definition) is 2. The van der Waals surface area contributed by atoms with Gasteiger partial charge in [0, 0.05) is 12.2 Å². The first-order valence-electron chi connectivity index (χ1n) is 7.50. The number of ether oxygens (including phenoxy) is 1. The van der Waals surface area contributed by atoms with Crippen LogP contribution in [0.25, 0.3) is 11.3 Å². The van der Waals surface area contributed by atoms with Gasteiger partial charge in [0.1, 0.15) is 5.69 Å². The van der Waals surface area contributed by atoms with Gasteiger partial charge < -0.3 is 19.7 Å². The fourth-order valence-electron chi connectivity index (χ4n) is 2.75. The number of carboxylic acids is 1. The van der Waals surface area contributed by atoms with Crippen molar-refractivity contribution >= 4 is 11.9 Å². The molecule has 2 aromatic rings. The molecule has 1 atom stereocenters. The van der Waals surface area contributed by atoms with Crippen LogP contribution in [-0.4, -0.2) is 52.7 Å². The predicted octanol–water partition coefficient (Wildman–Crippen LogP) is 2.00. The second-order valence-corrected chi connectivity index (χ2v) is 5.48. The molecular formula is C17H18N2O4. The molecule has 2 heterocycles. The van der Waals surface area contributed by atoms with Crippen molar-refractivity contribution in [1.82, 2.24) is 9.88 Å². The van der Waals surface area contributed by atoms with Crippen molar-refractivity contribution in [3.8, 4) is 11.3 Å². The molecule has 2 N–H and O–H groups in total. The van der Waals surface area contributed by atoms with E-state index in [1.54, 1.807) is 11.0 Å². The van der Waals surface area contributed by atoms with E-state index in [1.165, 1.54) is 0 Å². The SMILES string of the molecule is O=C(O)C[C@H]1COCCN1C(=O)c1ccc(-c2ccccc2)[nH]1. The molecule has 0 spiro atoms. The Kier molecular flexibility index (Phi) is 4.43. The summed E-state index contributed by atoms with van der Waals surface area (Å²) >= 11 is 0. The van der Waals surface area contributed by atoms with E-state index in [0.29, 0.717) is 18.8 Å². The van der Waals surface area contributed by atoms with Crippen LogP contribution in [0, 0.1) is 0 Å². The molecule has 1 amide bonds. The second-order valence-electron chi connectivity index (χ2n) is 5.48. The highest BCUT2D eigenvalue weighted by molar-refractivity contribution is 5.94. The summed E-state index contributed by atoms with van der Waals surface area (Å²) in [6.45, 7) is 1.08. The van der Waals surface area contributed by atoms with E-state index in [-0.39, 0.29) is 18.9 Å². The molecule has 6 nitrogen and oxygen atoms in total. The minimum absolute atomic E-state index is 0.113. The Labute approximate surface area is 133 Å². The number of carboxylic acid groups (broad SMARTS) is 1. The van der Waals surface area contributed by atoms with Gasteiger partial charge in [0.25, 0.3) is 5.91 Å². The largest absolute Gasteiger partial charge is 0.481 e. The zero-order chi connectivity index (χ0) is 16.2. The van der Waals surface area contributed by atoms with Gasteiger partial charge in [0.2, 0.25) is 0 Å². The number of aliphatic carboxylic acids is 1. The first-order chi connectivity index (χ1) is 11.1. The average Bonchev–Trinajstić information content (AvgIpc) is 3.05. The molecule has 0 unspecified atom stereocenters. The summed E-state index contributed by atoms with van der Waals surface area (Å²) < 4.78 is 5.31. The molecule has 1 aliphatic rings.